The summed E-state index contributed by atoms with van der Waals surface area (Å²) < 4.78 is 0. The molecule has 0 aliphatic heterocycles. The maximum Gasteiger partial charge on any atom is 0.0130 e. The van der Waals surface area contributed by atoms with Crippen LogP contribution in [0.2, 0.25) is 0 Å². The van der Waals surface area contributed by atoms with Crippen LogP contribution in [-0.4, -0.2) is 0 Å². The highest BCUT2D eigenvalue weighted by Gasteiger charge is 2.18. The molecular formula is C50H36. The highest BCUT2D eigenvalue weighted by Crippen LogP contribution is 2.44. The minimum Gasteiger partial charge on any atom is -0.0622 e. The van der Waals surface area contributed by atoms with E-state index in [2.05, 4.69) is 200 Å². The van der Waals surface area contributed by atoms with Crippen LogP contribution in [0, 0.1) is 0 Å². The van der Waals surface area contributed by atoms with Crippen LogP contribution in [0.1, 0.15) is 22.6 Å². The van der Waals surface area contributed by atoms with Gasteiger partial charge >= 0.3 is 0 Å². The molecule has 0 spiro atoms. The third-order valence-electron chi connectivity index (χ3n) is 10.3. The number of fused-ring (bicyclic) bond motifs is 3. The second-order valence-corrected chi connectivity index (χ2v) is 13.2. The molecule has 9 rings (SSSR count). The van der Waals surface area contributed by atoms with Gasteiger partial charge in [-0.05, 0) is 94.9 Å². The maximum absolute atomic E-state index is 2.38. The molecule has 0 atom stereocenters. The van der Waals surface area contributed by atoms with E-state index in [1.165, 1.54) is 82.4 Å². The Labute approximate surface area is 293 Å². The molecule has 9 aromatic carbocycles. The number of hydrogen-bond acceptors (Lipinski definition) is 0. The van der Waals surface area contributed by atoms with Gasteiger partial charge in [0.2, 0.25) is 0 Å². The van der Waals surface area contributed by atoms with Crippen LogP contribution in [0.15, 0.2) is 200 Å². The van der Waals surface area contributed by atoms with Gasteiger partial charge in [0.25, 0.3) is 0 Å². The first-order valence-electron chi connectivity index (χ1n) is 17.5. The molecule has 0 heteroatoms. The van der Waals surface area contributed by atoms with E-state index in [0.29, 0.717) is 5.92 Å². The van der Waals surface area contributed by atoms with Crippen LogP contribution < -0.4 is 0 Å². The van der Waals surface area contributed by atoms with Gasteiger partial charge in [-0.2, -0.15) is 0 Å². The summed E-state index contributed by atoms with van der Waals surface area (Å²) in [5.74, 6) is 0.300. The summed E-state index contributed by atoms with van der Waals surface area (Å²) >= 11 is 0. The van der Waals surface area contributed by atoms with Gasteiger partial charge in [-0.1, -0.05) is 194 Å². The minimum atomic E-state index is 0.300. The van der Waals surface area contributed by atoms with Gasteiger partial charge in [0.05, 0.1) is 0 Å². The van der Waals surface area contributed by atoms with Gasteiger partial charge in [-0.3, -0.25) is 0 Å². The van der Waals surface area contributed by atoms with Crippen molar-refractivity contribution in [1.82, 2.24) is 0 Å². The van der Waals surface area contributed by atoms with Crippen molar-refractivity contribution in [3.05, 3.63) is 217 Å². The molecule has 0 aromatic heterocycles. The molecule has 9 aromatic rings. The monoisotopic (exact) mass is 636 g/mol. The molecule has 0 unspecified atom stereocenters. The number of hydrogen-bond donors (Lipinski definition) is 0. The highest BCUT2D eigenvalue weighted by atomic mass is 14.2. The Hall–Kier alpha value is -6.24. The van der Waals surface area contributed by atoms with E-state index in [0.717, 1.165) is 6.42 Å². The lowest BCUT2D eigenvalue weighted by atomic mass is 9.84. The first-order valence-corrected chi connectivity index (χ1v) is 17.5. The third-order valence-corrected chi connectivity index (χ3v) is 10.3. The molecule has 0 saturated heterocycles. The summed E-state index contributed by atoms with van der Waals surface area (Å²) in [6.45, 7) is 0. The van der Waals surface area contributed by atoms with Crippen molar-refractivity contribution in [3.8, 4) is 33.4 Å². The topological polar surface area (TPSA) is 0 Å². The Bertz CT molecular complexity index is 2490. The summed E-state index contributed by atoms with van der Waals surface area (Å²) in [7, 11) is 0. The highest BCUT2D eigenvalue weighted by molar-refractivity contribution is 6.21. The molecule has 0 saturated carbocycles. The largest absolute Gasteiger partial charge is 0.0622 e. The lowest BCUT2D eigenvalue weighted by molar-refractivity contribution is 0.805. The smallest absolute Gasteiger partial charge is 0.0130 e. The van der Waals surface area contributed by atoms with Crippen molar-refractivity contribution < 1.29 is 0 Å². The predicted molar refractivity (Wildman–Crippen MR) is 214 cm³/mol. The van der Waals surface area contributed by atoms with E-state index >= 15 is 0 Å². The second kappa shape index (κ2) is 13.0. The Kier molecular flexibility index (Phi) is 7.76. The summed E-state index contributed by atoms with van der Waals surface area (Å²) in [6, 6.07) is 73.4. The van der Waals surface area contributed by atoms with E-state index in [-0.39, 0.29) is 0 Å². The Morgan fingerprint density at radius 2 is 0.780 bits per heavy atom. The molecule has 0 fully saturated rings. The predicted octanol–water partition coefficient (Wildman–Crippen LogP) is 13.5. The standard InChI is InChI=1S/C50H36/c1-3-15-37(16-4-1)48(38-17-5-2-6-18-38)33-35-29-31-39(32-30-35)49-44-24-9-11-26-46(44)50(47-27-12-10-25-45(47)49)41-22-13-21-40(34-41)43-28-14-20-36-19-7-8-23-42(36)43/h1-32,34,48H,33H2. The first kappa shape index (κ1) is 29.9. The fourth-order valence-corrected chi connectivity index (χ4v) is 7.91. The molecule has 0 heterocycles. The fraction of sp³-hybridized carbons (Fsp3) is 0.0400. The molecule has 0 nitrogen and oxygen atoms in total. The van der Waals surface area contributed by atoms with Crippen molar-refractivity contribution in [2.75, 3.05) is 0 Å². The van der Waals surface area contributed by atoms with Gasteiger partial charge in [0.1, 0.15) is 0 Å². The number of rotatable bonds is 7. The van der Waals surface area contributed by atoms with Crippen molar-refractivity contribution in [2.24, 2.45) is 0 Å². The number of benzene rings is 9. The van der Waals surface area contributed by atoms with E-state index in [4.69, 9.17) is 0 Å². The minimum absolute atomic E-state index is 0.300. The summed E-state index contributed by atoms with van der Waals surface area (Å²) in [6.07, 6.45) is 0.946. The Morgan fingerprint density at radius 1 is 0.320 bits per heavy atom. The van der Waals surface area contributed by atoms with Gasteiger partial charge in [-0.15, -0.1) is 0 Å². The molecule has 0 amide bonds. The average molecular weight is 637 g/mol. The van der Waals surface area contributed by atoms with E-state index < -0.39 is 0 Å². The molecule has 50 heavy (non-hydrogen) atoms. The zero-order valence-corrected chi connectivity index (χ0v) is 27.8. The molecule has 0 aliphatic rings. The van der Waals surface area contributed by atoms with Gasteiger partial charge in [-0.25, -0.2) is 0 Å². The summed E-state index contributed by atoms with van der Waals surface area (Å²) in [5, 5.41) is 7.63. The molecule has 0 N–H and O–H groups in total. The Morgan fingerprint density at radius 3 is 1.38 bits per heavy atom. The lowest BCUT2D eigenvalue weighted by Gasteiger charge is -2.20. The molecular weight excluding hydrogens is 601 g/mol. The fourth-order valence-electron chi connectivity index (χ4n) is 7.91. The van der Waals surface area contributed by atoms with E-state index in [1.807, 2.05) is 0 Å². The Balaban J connectivity index is 1.16. The van der Waals surface area contributed by atoms with Crippen LogP contribution >= 0.6 is 0 Å². The van der Waals surface area contributed by atoms with Crippen LogP contribution in [0.4, 0.5) is 0 Å². The van der Waals surface area contributed by atoms with Crippen LogP contribution in [0.25, 0.3) is 65.7 Å². The van der Waals surface area contributed by atoms with Gasteiger partial charge in [0.15, 0.2) is 0 Å². The van der Waals surface area contributed by atoms with Crippen molar-refractivity contribution in [2.45, 2.75) is 12.3 Å². The third kappa shape index (κ3) is 5.46. The molecule has 0 radical (unpaired) electrons. The van der Waals surface area contributed by atoms with Crippen molar-refractivity contribution in [3.63, 3.8) is 0 Å². The van der Waals surface area contributed by atoms with Crippen LogP contribution in [0.5, 0.6) is 0 Å². The zero-order valence-electron chi connectivity index (χ0n) is 27.8. The van der Waals surface area contributed by atoms with Crippen molar-refractivity contribution in [1.29, 1.82) is 0 Å². The zero-order chi connectivity index (χ0) is 33.3. The second-order valence-electron chi connectivity index (χ2n) is 13.2. The van der Waals surface area contributed by atoms with Crippen LogP contribution in [0.3, 0.4) is 0 Å². The van der Waals surface area contributed by atoms with Gasteiger partial charge in [0, 0.05) is 5.92 Å². The van der Waals surface area contributed by atoms with Crippen LogP contribution in [-0.2, 0) is 6.42 Å². The molecule has 0 bridgehead atoms. The van der Waals surface area contributed by atoms with Crippen molar-refractivity contribution >= 4 is 32.3 Å². The lowest BCUT2D eigenvalue weighted by Crippen LogP contribution is -2.05. The van der Waals surface area contributed by atoms with Gasteiger partial charge < -0.3 is 0 Å². The SMILES string of the molecule is c1ccc(C(Cc2ccc(-c3c4ccccc4c(-c4cccc(-c5cccc6ccccc56)c4)c4ccccc34)cc2)c2ccccc2)cc1. The normalized spacial score (nSPS) is 11.5. The molecule has 0 aliphatic carbocycles. The maximum atomic E-state index is 2.38. The first-order chi connectivity index (χ1) is 24.8. The summed E-state index contributed by atoms with van der Waals surface area (Å²) in [5.41, 5.74) is 11.6. The van der Waals surface area contributed by atoms with E-state index in [1.54, 1.807) is 0 Å². The molecule has 236 valence electrons. The van der Waals surface area contributed by atoms with E-state index in [9.17, 15) is 0 Å². The quantitative estimate of drug-likeness (QED) is 0.153. The average Bonchev–Trinajstić information content (AvgIpc) is 3.20. The summed E-state index contributed by atoms with van der Waals surface area (Å²) in [4.78, 5) is 0.